The molecule has 0 radical (unpaired) electrons. The number of carbonyl (C=O) groups is 2. The minimum absolute atomic E-state index is 0.187. The van der Waals surface area contributed by atoms with Gasteiger partial charge in [-0.25, -0.2) is 9.59 Å². The molecule has 2 rings (SSSR count). The molecule has 2 aromatic carbocycles. The molecule has 1 N–H and O–H groups in total. The van der Waals surface area contributed by atoms with Crippen LogP contribution in [-0.4, -0.2) is 23.8 Å². The average molecular weight is 356 g/mol. The number of phenolic OH excluding ortho intramolecular Hbond substituents is 1. The highest BCUT2D eigenvalue weighted by Crippen LogP contribution is 2.27. The maximum atomic E-state index is 11.0. The molecule has 0 unspecified atom stereocenters. The first-order valence-electron chi connectivity index (χ1n) is 8.39. The van der Waals surface area contributed by atoms with Crippen LogP contribution in [0, 0.1) is 0 Å². The molecule has 0 saturated heterocycles. The lowest BCUT2D eigenvalue weighted by atomic mass is 10.1. The van der Waals surface area contributed by atoms with E-state index in [0.717, 1.165) is 17.5 Å². The number of hydrogen-bond acceptors (Lipinski definition) is 5. The van der Waals surface area contributed by atoms with E-state index < -0.39 is 12.1 Å². The van der Waals surface area contributed by atoms with Crippen LogP contribution in [0.4, 0.5) is 4.79 Å². The topological polar surface area (TPSA) is 72.8 Å². The molecule has 0 fully saturated rings. The molecule has 5 heteroatoms. The number of esters is 1. The number of phenols is 1. The van der Waals surface area contributed by atoms with Crippen molar-refractivity contribution in [3.05, 3.63) is 66.7 Å². The molecular formula is C21H24O5. The van der Waals surface area contributed by atoms with E-state index in [1.165, 1.54) is 0 Å². The van der Waals surface area contributed by atoms with Gasteiger partial charge >= 0.3 is 12.1 Å². The van der Waals surface area contributed by atoms with Crippen molar-refractivity contribution in [2.24, 2.45) is 0 Å². The lowest BCUT2D eigenvalue weighted by molar-refractivity contribution is -0.135. The monoisotopic (exact) mass is 356 g/mol. The minimum atomic E-state index is -0.968. The molecule has 5 nitrogen and oxygen atoms in total. The fourth-order valence-electron chi connectivity index (χ4n) is 2.03. The fourth-order valence-corrected chi connectivity index (χ4v) is 2.03. The van der Waals surface area contributed by atoms with E-state index in [2.05, 4.69) is 16.1 Å². The summed E-state index contributed by atoms with van der Waals surface area (Å²) in [6, 6.07) is 17.2. The minimum Gasteiger partial charge on any atom is -0.507 e. The molecule has 0 spiro atoms. The molecule has 0 heterocycles. The summed E-state index contributed by atoms with van der Waals surface area (Å²) in [7, 11) is 0. The summed E-state index contributed by atoms with van der Waals surface area (Å²) in [5.41, 5.74) is 2.21. The van der Waals surface area contributed by atoms with E-state index in [9.17, 15) is 14.7 Å². The molecule has 138 valence electrons. The fraction of sp³-hybridized carbons (Fsp3) is 0.238. The van der Waals surface area contributed by atoms with E-state index in [1.807, 2.05) is 55.5 Å². The van der Waals surface area contributed by atoms with Crippen molar-refractivity contribution >= 4 is 12.1 Å². The summed E-state index contributed by atoms with van der Waals surface area (Å²) in [5.74, 6) is -0.381. The van der Waals surface area contributed by atoms with E-state index in [0.29, 0.717) is 12.2 Å². The lowest BCUT2D eigenvalue weighted by Gasteiger charge is -2.03. The first-order chi connectivity index (χ1) is 12.5. The predicted octanol–water partition coefficient (Wildman–Crippen LogP) is 5.10. The highest BCUT2D eigenvalue weighted by molar-refractivity contribution is 5.93. The van der Waals surface area contributed by atoms with Crippen LogP contribution in [0.3, 0.4) is 0 Å². The Balaban J connectivity index is 0.000000260. The van der Waals surface area contributed by atoms with Gasteiger partial charge in [0.05, 0.1) is 6.61 Å². The first kappa shape index (κ1) is 21.0. The van der Waals surface area contributed by atoms with Crippen molar-refractivity contribution in [1.29, 1.82) is 0 Å². The van der Waals surface area contributed by atoms with E-state index in [1.54, 1.807) is 13.0 Å². The molecule has 0 saturated carbocycles. The third-order valence-corrected chi connectivity index (χ3v) is 3.27. The molecule has 0 aromatic heterocycles. The summed E-state index contributed by atoms with van der Waals surface area (Å²) in [4.78, 5) is 21.7. The van der Waals surface area contributed by atoms with Gasteiger partial charge in [0.15, 0.2) is 0 Å². The van der Waals surface area contributed by atoms with Crippen molar-refractivity contribution in [2.45, 2.75) is 26.7 Å². The summed E-state index contributed by atoms with van der Waals surface area (Å²) in [6.45, 7) is 7.20. The summed E-state index contributed by atoms with van der Waals surface area (Å²) in [6.07, 6.45) is 0.347. The van der Waals surface area contributed by atoms with Gasteiger partial charge in [-0.3, -0.25) is 0 Å². The zero-order valence-corrected chi connectivity index (χ0v) is 15.1. The summed E-state index contributed by atoms with van der Waals surface area (Å²) >= 11 is 0. The van der Waals surface area contributed by atoms with E-state index in [-0.39, 0.29) is 12.2 Å². The SMILES string of the molecule is C=C(CCC)C(=O)OC(=O)OCC.Oc1ccccc1-c1ccccc1. The van der Waals surface area contributed by atoms with Crippen molar-refractivity contribution < 1.29 is 24.2 Å². The second-order valence-corrected chi connectivity index (χ2v) is 5.31. The second-order valence-electron chi connectivity index (χ2n) is 5.31. The molecule has 0 bridgehead atoms. The Bertz CT molecular complexity index is 722. The summed E-state index contributed by atoms with van der Waals surface area (Å²) in [5, 5.41) is 9.56. The standard InChI is InChI=1S/C12H10O.C9H14O4/c13-12-9-5-4-8-11(12)10-6-2-1-3-7-10;1-4-6-7(3)8(10)13-9(11)12-5-2/h1-9,13H;3-6H2,1-2H3. The van der Waals surface area contributed by atoms with Crippen LogP contribution in [0.25, 0.3) is 11.1 Å². The van der Waals surface area contributed by atoms with Gasteiger partial charge in [-0.2, -0.15) is 0 Å². The first-order valence-corrected chi connectivity index (χ1v) is 8.39. The van der Waals surface area contributed by atoms with Crippen LogP contribution in [0.5, 0.6) is 5.75 Å². The van der Waals surface area contributed by atoms with Gasteiger partial charge in [0, 0.05) is 11.1 Å². The average Bonchev–Trinajstić information content (AvgIpc) is 2.64. The van der Waals surface area contributed by atoms with Crippen molar-refractivity contribution in [3.63, 3.8) is 0 Å². The largest absolute Gasteiger partial charge is 0.516 e. The Morgan fingerprint density at radius 3 is 2.19 bits per heavy atom. The molecule has 2 aromatic rings. The second kappa shape index (κ2) is 11.5. The molecule has 26 heavy (non-hydrogen) atoms. The van der Waals surface area contributed by atoms with Gasteiger partial charge < -0.3 is 14.6 Å². The molecule has 0 aliphatic carbocycles. The highest BCUT2D eigenvalue weighted by Gasteiger charge is 2.13. The zero-order chi connectivity index (χ0) is 19.4. The molecule has 0 aliphatic rings. The van der Waals surface area contributed by atoms with Crippen LogP contribution >= 0.6 is 0 Å². The molecular weight excluding hydrogens is 332 g/mol. The van der Waals surface area contributed by atoms with Crippen LogP contribution in [0.1, 0.15) is 26.7 Å². The van der Waals surface area contributed by atoms with E-state index in [4.69, 9.17) is 0 Å². The predicted molar refractivity (Wildman–Crippen MR) is 101 cm³/mol. The van der Waals surface area contributed by atoms with Crippen molar-refractivity contribution in [3.8, 4) is 16.9 Å². The molecule has 0 aliphatic heterocycles. The number of hydrogen-bond donors (Lipinski definition) is 1. The quantitative estimate of drug-likeness (QED) is 0.458. The van der Waals surface area contributed by atoms with Crippen LogP contribution in [0.15, 0.2) is 66.7 Å². The van der Waals surface area contributed by atoms with Gasteiger partial charge in [-0.15, -0.1) is 0 Å². The Labute approximate surface area is 153 Å². The maximum absolute atomic E-state index is 11.0. The number of rotatable bonds is 5. The molecule has 0 amide bonds. The van der Waals surface area contributed by atoms with Gasteiger partial charge in [-0.1, -0.05) is 68.5 Å². The van der Waals surface area contributed by atoms with Gasteiger partial charge in [-0.05, 0) is 25.0 Å². The number of aromatic hydroxyl groups is 1. The normalized spacial score (nSPS) is 9.46. The lowest BCUT2D eigenvalue weighted by Crippen LogP contribution is -2.14. The van der Waals surface area contributed by atoms with Crippen LogP contribution < -0.4 is 0 Å². The highest BCUT2D eigenvalue weighted by atomic mass is 16.7. The van der Waals surface area contributed by atoms with Crippen LogP contribution in [-0.2, 0) is 14.3 Å². The molecule has 0 atom stereocenters. The third-order valence-electron chi connectivity index (χ3n) is 3.27. The maximum Gasteiger partial charge on any atom is 0.516 e. The number of ether oxygens (including phenoxy) is 2. The van der Waals surface area contributed by atoms with Gasteiger partial charge in [0.25, 0.3) is 0 Å². The Morgan fingerprint density at radius 1 is 1.00 bits per heavy atom. The number of benzene rings is 2. The summed E-state index contributed by atoms with van der Waals surface area (Å²) < 4.78 is 8.72. The van der Waals surface area contributed by atoms with Gasteiger partial charge in [0.1, 0.15) is 5.75 Å². The Hall–Kier alpha value is -3.08. The number of para-hydroxylation sites is 1. The van der Waals surface area contributed by atoms with Gasteiger partial charge in [0.2, 0.25) is 0 Å². The van der Waals surface area contributed by atoms with Crippen molar-refractivity contribution in [1.82, 2.24) is 0 Å². The number of carbonyl (C=O) groups excluding carboxylic acids is 2. The third kappa shape index (κ3) is 7.21. The van der Waals surface area contributed by atoms with E-state index >= 15 is 0 Å². The smallest absolute Gasteiger partial charge is 0.507 e. The Morgan fingerprint density at radius 2 is 1.62 bits per heavy atom. The van der Waals surface area contributed by atoms with Crippen LogP contribution in [0.2, 0.25) is 0 Å². The Kier molecular flexibility index (Phi) is 9.25. The zero-order valence-electron chi connectivity index (χ0n) is 15.1. The van der Waals surface area contributed by atoms with Crippen molar-refractivity contribution in [2.75, 3.05) is 6.61 Å².